The average Bonchev–Trinajstić information content (AvgIpc) is 2.63. The smallest absolute Gasteiger partial charge is 0.303 e. The van der Waals surface area contributed by atoms with E-state index in [0.29, 0.717) is 13.0 Å². The first kappa shape index (κ1) is 11.2. The summed E-state index contributed by atoms with van der Waals surface area (Å²) in [5.41, 5.74) is 0. The zero-order chi connectivity index (χ0) is 10.4. The number of carboxylic acids is 1. The van der Waals surface area contributed by atoms with Crippen molar-refractivity contribution in [3.05, 3.63) is 22.4 Å². The van der Waals surface area contributed by atoms with E-state index >= 15 is 0 Å². The summed E-state index contributed by atoms with van der Waals surface area (Å²) in [6.07, 6.45) is 0.750. The molecule has 0 fully saturated rings. The minimum absolute atomic E-state index is 0.00759. The van der Waals surface area contributed by atoms with Crippen LogP contribution in [-0.2, 0) is 16.1 Å². The third-order valence-electron chi connectivity index (χ3n) is 1.85. The summed E-state index contributed by atoms with van der Waals surface area (Å²) in [7, 11) is 0. The number of ether oxygens (including phenoxy) is 1. The van der Waals surface area contributed by atoms with Crippen molar-refractivity contribution >= 4 is 17.3 Å². The van der Waals surface area contributed by atoms with Crippen molar-refractivity contribution in [2.45, 2.75) is 32.5 Å². The molecular formula is C10H14O3S. The highest BCUT2D eigenvalue weighted by Crippen LogP contribution is 2.12. The number of carboxylic acid groups (broad SMARTS) is 1. The molecule has 0 amide bonds. The number of thiophene rings is 1. The Hall–Kier alpha value is -0.870. The van der Waals surface area contributed by atoms with Gasteiger partial charge in [-0.1, -0.05) is 6.07 Å². The topological polar surface area (TPSA) is 46.5 Å². The number of hydrogen-bond acceptors (Lipinski definition) is 3. The van der Waals surface area contributed by atoms with Gasteiger partial charge in [-0.15, -0.1) is 11.3 Å². The second-order valence-electron chi connectivity index (χ2n) is 3.13. The van der Waals surface area contributed by atoms with Gasteiger partial charge in [0.05, 0.1) is 12.7 Å². The van der Waals surface area contributed by atoms with E-state index in [4.69, 9.17) is 9.84 Å². The minimum Gasteiger partial charge on any atom is -0.481 e. The first-order chi connectivity index (χ1) is 6.68. The van der Waals surface area contributed by atoms with Gasteiger partial charge in [0, 0.05) is 11.3 Å². The van der Waals surface area contributed by atoms with Crippen LogP contribution in [0, 0.1) is 0 Å². The largest absolute Gasteiger partial charge is 0.481 e. The van der Waals surface area contributed by atoms with Crippen molar-refractivity contribution in [3.8, 4) is 0 Å². The predicted molar refractivity (Wildman–Crippen MR) is 55.4 cm³/mol. The average molecular weight is 214 g/mol. The van der Waals surface area contributed by atoms with Crippen LogP contribution in [0.25, 0.3) is 0 Å². The van der Waals surface area contributed by atoms with Crippen molar-refractivity contribution in [2.75, 3.05) is 0 Å². The van der Waals surface area contributed by atoms with Crippen LogP contribution < -0.4 is 0 Å². The molecular weight excluding hydrogens is 200 g/mol. The summed E-state index contributed by atoms with van der Waals surface area (Å²) >= 11 is 1.65. The molecule has 0 saturated carbocycles. The molecule has 0 aliphatic heterocycles. The number of aliphatic carboxylic acids is 1. The first-order valence-electron chi connectivity index (χ1n) is 4.54. The predicted octanol–water partition coefficient (Wildman–Crippen LogP) is 2.52. The van der Waals surface area contributed by atoms with E-state index in [-0.39, 0.29) is 12.5 Å². The Morgan fingerprint density at radius 1 is 1.71 bits per heavy atom. The highest BCUT2D eigenvalue weighted by atomic mass is 32.1. The number of hydrogen-bond donors (Lipinski definition) is 1. The minimum atomic E-state index is -0.767. The lowest BCUT2D eigenvalue weighted by Gasteiger charge is -2.10. The Morgan fingerprint density at radius 3 is 3.07 bits per heavy atom. The second kappa shape index (κ2) is 5.78. The van der Waals surface area contributed by atoms with Crippen molar-refractivity contribution in [1.82, 2.24) is 0 Å². The highest BCUT2D eigenvalue weighted by Gasteiger charge is 2.05. The quantitative estimate of drug-likeness (QED) is 0.791. The highest BCUT2D eigenvalue weighted by molar-refractivity contribution is 7.09. The molecule has 1 aromatic rings. The maximum absolute atomic E-state index is 10.3. The standard InChI is InChI=1S/C10H14O3S/c1-8(4-5-10(11)12)13-7-9-3-2-6-14-9/h2-3,6,8H,4-5,7H2,1H3,(H,11,12). The zero-order valence-corrected chi connectivity index (χ0v) is 8.92. The molecule has 1 unspecified atom stereocenters. The molecule has 1 aromatic heterocycles. The van der Waals surface area contributed by atoms with Crippen molar-refractivity contribution in [1.29, 1.82) is 0 Å². The normalized spacial score (nSPS) is 12.6. The molecule has 1 atom stereocenters. The van der Waals surface area contributed by atoms with E-state index in [1.807, 2.05) is 24.4 Å². The van der Waals surface area contributed by atoms with Crippen LogP contribution in [-0.4, -0.2) is 17.2 Å². The first-order valence-corrected chi connectivity index (χ1v) is 5.42. The van der Waals surface area contributed by atoms with E-state index in [2.05, 4.69) is 0 Å². The summed E-state index contributed by atoms with van der Waals surface area (Å²) in [4.78, 5) is 11.5. The van der Waals surface area contributed by atoms with Crippen LogP contribution in [0.2, 0.25) is 0 Å². The maximum Gasteiger partial charge on any atom is 0.303 e. The van der Waals surface area contributed by atoms with Gasteiger partial charge in [0.1, 0.15) is 0 Å². The summed E-state index contributed by atoms with van der Waals surface area (Å²) in [6.45, 7) is 2.48. The van der Waals surface area contributed by atoms with Crippen LogP contribution in [0.1, 0.15) is 24.6 Å². The molecule has 4 heteroatoms. The third kappa shape index (κ3) is 4.39. The van der Waals surface area contributed by atoms with Gasteiger partial charge in [-0.05, 0) is 24.8 Å². The zero-order valence-electron chi connectivity index (χ0n) is 8.10. The second-order valence-corrected chi connectivity index (χ2v) is 4.17. The number of carbonyl (C=O) groups is 1. The Labute approximate surface area is 87.3 Å². The fourth-order valence-electron chi connectivity index (χ4n) is 1.03. The fraction of sp³-hybridized carbons (Fsp3) is 0.500. The third-order valence-corrected chi connectivity index (χ3v) is 2.70. The molecule has 1 N–H and O–H groups in total. The van der Waals surface area contributed by atoms with Gasteiger partial charge < -0.3 is 9.84 Å². The van der Waals surface area contributed by atoms with E-state index in [1.54, 1.807) is 11.3 Å². The van der Waals surface area contributed by atoms with Crippen molar-refractivity contribution in [2.24, 2.45) is 0 Å². The SMILES string of the molecule is CC(CCC(=O)O)OCc1cccs1. The van der Waals surface area contributed by atoms with Gasteiger partial charge in [-0.25, -0.2) is 0 Å². The molecule has 0 aliphatic carbocycles. The molecule has 14 heavy (non-hydrogen) atoms. The van der Waals surface area contributed by atoms with Gasteiger partial charge in [-0.3, -0.25) is 4.79 Å². The molecule has 0 radical (unpaired) electrons. The summed E-state index contributed by atoms with van der Waals surface area (Å²) in [5.74, 6) is -0.767. The van der Waals surface area contributed by atoms with Crippen LogP contribution in [0.3, 0.4) is 0 Å². The van der Waals surface area contributed by atoms with Gasteiger partial charge in [0.2, 0.25) is 0 Å². The van der Waals surface area contributed by atoms with Gasteiger partial charge in [-0.2, -0.15) is 0 Å². The lowest BCUT2D eigenvalue weighted by atomic mass is 10.2. The Kier molecular flexibility index (Phi) is 4.62. The monoisotopic (exact) mass is 214 g/mol. The molecule has 78 valence electrons. The Balaban J connectivity index is 2.15. The van der Waals surface area contributed by atoms with E-state index in [9.17, 15) is 4.79 Å². The van der Waals surface area contributed by atoms with Crippen LogP contribution in [0.15, 0.2) is 17.5 Å². The summed E-state index contributed by atoms with van der Waals surface area (Å²) in [5, 5.41) is 10.5. The molecule has 0 aliphatic rings. The summed E-state index contributed by atoms with van der Waals surface area (Å²) < 4.78 is 5.48. The molecule has 1 rings (SSSR count). The van der Waals surface area contributed by atoms with Gasteiger partial charge in [0.15, 0.2) is 0 Å². The van der Waals surface area contributed by atoms with E-state index in [0.717, 1.165) is 0 Å². The van der Waals surface area contributed by atoms with Gasteiger partial charge >= 0.3 is 5.97 Å². The Bertz CT molecular complexity index is 269. The lowest BCUT2D eigenvalue weighted by Crippen LogP contribution is -2.10. The molecule has 0 spiro atoms. The number of rotatable bonds is 6. The Morgan fingerprint density at radius 2 is 2.50 bits per heavy atom. The van der Waals surface area contributed by atoms with Crippen LogP contribution in [0.4, 0.5) is 0 Å². The van der Waals surface area contributed by atoms with Crippen molar-refractivity contribution in [3.63, 3.8) is 0 Å². The molecule has 0 bridgehead atoms. The van der Waals surface area contributed by atoms with Crippen molar-refractivity contribution < 1.29 is 14.6 Å². The van der Waals surface area contributed by atoms with E-state index in [1.165, 1.54) is 4.88 Å². The fourth-order valence-corrected chi connectivity index (χ4v) is 1.65. The molecule has 0 aromatic carbocycles. The van der Waals surface area contributed by atoms with Crippen LogP contribution >= 0.6 is 11.3 Å². The molecule has 1 heterocycles. The molecule has 3 nitrogen and oxygen atoms in total. The molecule has 0 saturated heterocycles. The summed E-state index contributed by atoms with van der Waals surface area (Å²) in [6, 6.07) is 3.99. The van der Waals surface area contributed by atoms with Gasteiger partial charge in [0.25, 0.3) is 0 Å². The van der Waals surface area contributed by atoms with E-state index < -0.39 is 5.97 Å². The lowest BCUT2D eigenvalue weighted by molar-refractivity contribution is -0.137. The van der Waals surface area contributed by atoms with Crippen LogP contribution in [0.5, 0.6) is 0 Å². The maximum atomic E-state index is 10.3.